The van der Waals surface area contributed by atoms with E-state index in [1.165, 1.54) is 18.9 Å². The monoisotopic (exact) mass is 385 g/mol. The van der Waals surface area contributed by atoms with E-state index in [1.54, 1.807) is 20.1 Å². The molecule has 0 aromatic heterocycles. The van der Waals surface area contributed by atoms with E-state index in [4.69, 9.17) is 4.74 Å². The number of nitrogens with zero attached hydrogens (tertiary/aromatic N) is 2. The smallest absolute Gasteiger partial charge is 0.244 e. The van der Waals surface area contributed by atoms with Crippen LogP contribution >= 0.6 is 0 Å². The maximum atomic E-state index is 12.8. The molecule has 0 aliphatic carbocycles. The summed E-state index contributed by atoms with van der Waals surface area (Å²) >= 11 is 0. The van der Waals surface area contributed by atoms with Crippen molar-refractivity contribution >= 4 is 17.9 Å². The summed E-state index contributed by atoms with van der Waals surface area (Å²) in [4.78, 5) is 29.4. The third kappa shape index (κ3) is 5.35. The molecule has 1 aromatic carbocycles. The van der Waals surface area contributed by atoms with Gasteiger partial charge >= 0.3 is 0 Å². The van der Waals surface area contributed by atoms with E-state index in [2.05, 4.69) is 10.2 Å². The molecule has 1 aromatic rings. The van der Waals surface area contributed by atoms with Crippen molar-refractivity contribution in [2.45, 2.75) is 44.7 Å². The van der Waals surface area contributed by atoms with Crippen molar-refractivity contribution in [1.29, 1.82) is 0 Å². The van der Waals surface area contributed by atoms with Crippen LogP contribution in [0.2, 0.25) is 0 Å². The van der Waals surface area contributed by atoms with Gasteiger partial charge in [0.1, 0.15) is 11.8 Å². The van der Waals surface area contributed by atoms with Crippen LogP contribution in [0.4, 0.5) is 0 Å². The summed E-state index contributed by atoms with van der Waals surface area (Å²) in [6.45, 7) is 5.62. The zero-order valence-electron chi connectivity index (χ0n) is 16.9. The Morgan fingerprint density at radius 1 is 1.14 bits per heavy atom. The Morgan fingerprint density at radius 3 is 2.54 bits per heavy atom. The molecule has 2 unspecified atom stereocenters. The van der Waals surface area contributed by atoms with Crippen LogP contribution in [-0.2, 0) is 9.59 Å². The first-order valence-corrected chi connectivity index (χ1v) is 10.2. The van der Waals surface area contributed by atoms with Gasteiger partial charge in [0.05, 0.1) is 7.11 Å². The van der Waals surface area contributed by atoms with Crippen LogP contribution in [0.3, 0.4) is 0 Å². The summed E-state index contributed by atoms with van der Waals surface area (Å²) in [7, 11) is 1.62. The number of hydrogen-bond donors (Lipinski definition) is 1. The van der Waals surface area contributed by atoms with Crippen molar-refractivity contribution in [2.75, 3.05) is 33.3 Å². The lowest BCUT2D eigenvalue weighted by Crippen LogP contribution is -2.53. The lowest BCUT2D eigenvalue weighted by atomic mass is 10.0. The van der Waals surface area contributed by atoms with Crippen molar-refractivity contribution in [3.63, 3.8) is 0 Å². The van der Waals surface area contributed by atoms with Gasteiger partial charge in [-0.05, 0) is 69.5 Å². The molecular formula is C22H31N3O3. The number of carbonyl (C=O) groups excluding carboxylic acids is 2. The molecule has 3 rings (SSSR count). The number of amides is 2. The van der Waals surface area contributed by atoms with Crippen molar-refractivity contribution in [3.8, 4) is 5.75 Å². The van der Waals surface area contributed by atoms with Crippen LogP contribution < -0.4 is 10.1 Å². The Hall–Kier alpha value is -2.34. The van der Waals surface area contributed by atoms with Crippen LogP contribution in [-0.4, -0.2) is 67.0 Å². The van der Waals surface area contributed by atoms with Crippen molar-refractivity contribution in [2.24, 2.45) is 0 Å². The molecule has 2 aliphatic heterocycles. The second-order valence-corrected chi connectivity index (χ2v) is 7.66. The number of ether oxygens (including phenoxy) is 1. The fourth-order valence-electron chi connectivity index (χ4n) is 4.04. The Bertz CT molecular complexity index is 695. The Morgan fingerprint density at radius 2 is 1.86 bits per heavy atom. The molecule has 0 bridgehead atoms. The Kier molecular flexibility index (Phi) is 7.09. The summed E-state index contributed by atoms with van der Waals surface area (Å²) in [5.74, 6) is 0.523. The molecule has 2 heterocycles. The predicted octanol–water partition coefficient (Wildman–Crippen LogP) is 2.30. The molecule has 6 heteroatoms. The summed E-state index contributed by atoms with van der Waals surface area (Å²) in [5, 5.41) is 2.80. The predicted molar refractivity (Wildman–Crippen MR) is 110 cm³/mol. The maximum Gasteiger partial charge on any atom is 0.244 e. The highest BCUT2D eigenvalue weighted by Gasteiger charge is 2.31. The molecule has 2 amide bonds. The van der Waals surface area contributed by atoms with E-state index in [1.807, 2.05) is 29.2 Å². The van der Waals surface area contributed by atoms with E-state index in [0.717, 1.165) is 50.3 Å². The van der Waals surface area contributed by atoms with E-state index < -0.39 is 6.04 Å². The molecule has 2 fully saturated rings. The molecule has 152 valence electrons. The molecule has 0 saturated carbocycles. The van der Waals surface area contributed by atoms with Gasteiger partial charge in [-0.25, -0.2) is 0 Å². The fourth-order valence-corrected chi connectivity index (χ4v) is 4.04. The van der Waals surface area contributed by atoms with E-state index in [-0.39, 0.29) is 11.8 Å². The standard InChI is InChI=1S/C22H31N3O3/c1-17(23-21(26)12-9-18-7-10-20(28-2)11-8-18)22(27)25-15-5-6-19(16-25)24-13-3-4-14-24/h7-12,17,19H,3-6,13-16H2,1-2H3,(H,23,26). The number of benzene rings is 1. The van der Waals surface area contributed by atoms with E-state index in [9.17, 15) is 9.59 Å². The number of methoxy groups -OCH3 is 1. The third-order valence-electron chi connectivity index (χ3n) is 5.64. The number of hydrogen-bond acceptors (Lipinski definition) is 4. The number of carbonyl (C=O) groups is 2. The fraction of sp³-hybridized carbons (Fsp3) is 0.545. The first-order chi connectivity index (χ1) is 13.6. The summed E-state index contributed by atoms with van der Waals surface area (Å²) in [6, 6.07) is 7.39. The van der Waals surface area contributed by atoms with Gasteiger partial charge in [0.25, 0.3) is 0 Å². The number of likely N-dealkylation sites (tertiary alicyclic amines) is 2. The van der Waals surface area contributed by atoms with Crippen LogP contribution in [0.25, 0.3) is 6.08 Å². The summed E-state index contributed by atoms with van der Waals surface area (Å²) in [6.07, 6.45) is 7.92. The average Bonchev–Trinajstić information content (AvgIpc) is 3.27. The Balaban J connectivity index is 1.49. The van der Waals surface area contributed by atoms with E-state index >= 15 is 0 Å². The van der Waals surface area contributed by atoms with Gasteiger partial charge < -0.3 is 15.0 Å². The largest absolute Gasteiger partial charge is 0.497 e. The summed E-state index contributed by atoms with van der Waals surface area (Å²) < 4.78 is 5.12. The average molecular weight is 386 g/mol. The quantitative estimate of drug-likeness (QED) is 0.764. The minimum Gasteiger partial charge on any atom is -0.497 e. The second kappa shape index (κ2) is 9.73. The van der Waals surface area contributed by atoms with Crippen LogP contribution in [0.15, 0.2) is 30.3 Å². The third-order valence-corrected chi connectivity index (χ3v) is 5.64. The highest BCUT2D eigenvalue weighted by molar-refractivity contribution is 5.95. The van der Waals surface area contributed by atoms with E-state index in [0.29, 0.717) is 6.04 Å². The van der Waals surface area contributed by atoms with Gasteiger partial charge in [0.15, 0.2) is 0 Å². The zero-order valence-corrected chi connectivity index (χ0v) is 16.9. The molecular weight excluding hydrogens is 354 g/mol. The highest BCUT2D eigenvalue weighted by atomic mass is 16.5. The highest BCUT2D eigenvalue weighted by Crippen LogP contribution is 2.21. The lowest BCUT2D eigenvalue weighted by molar-refractivity contribution is -0.137. The first-order valence-electron chi connectivity index (χ1n) is 10.2. The van der Waals surface area contributed by atoms with Gasteiger partial charge in [-0.1, -0.05) is 12.1 Å². The van der Waals surface area contributed by atoms with Crippen LogP contribution in [0, 0.1) is 0 Å². The van der Waals surface area contributed by atoms with Gasteiger partial charge in [-0.15, -0.1) is 0 Å². The van der Waals surface area contributed by atoms with Crippen molar-refractivity contribution < 1.29 is 14.3 Å². The van der Waals surface area contributed by atoms with Gasteiger partial charge in [0.2, 0.25) is 11.8 Å². The molecule has 28 heavy (non-hydrogen) atoms. The molecule has 2 atom stereocenters. The normalized spacial score (nSPS) is 21.6. The SMILES string of the molecule is COc1ccc(C=CC(=O)NC(C)C(=O)N2CCCC(N3CCCC3)C2)cc1. The Labute approximate surface area is 167 Å². The van der Waals surface area contributed by atoms with Crippen LogP contribution in [0.1, 0.15) is 38.2 Å². The topological polar surface area (TPSA) is 61.9 Å². The van der Waals surface area contributed by atoms with Crippen molar-refractivity contribution in [1.82, 2.24) is 15.1 Å². The van der Waals surface area contributed by atoms with Crippen molar-refractivity contribution in [3.05, 3.63) is 35.9 Å². The molecule has 0 spiro atoms. The lowest BCUT2D eigenvalue weighted by Gasteiger charge is -2.38. The molecule has 1 N–H and O–H groups in total. The number of nitrogens with one attached hydrogen (secondary N) is 1. The first kappa shape index (κ1) is 20.4. The van der Waals surface area contributed by atoms with Crippen LogP contribution in [0.5, 0.6) is 5.75 Å². The molecule has 2 aliphatic rings. The maximum absolute atomic E-state index is 12.8. The molecule has 6 nitrogen and oxygen atoms in total. The second-order valence-electron chi connectivity index (χ2n) is 7.66. The number of rotatable bonds is 6. The van der Waals surface area contributed by atoms with Gasteiger partial charge in [-0.3, -0.25) is 14.5 Å². The van der Waals surface area contributed by atoms with Gasteiger partial charge in [-0.2, -0.15) is 0 Å². The minimum absolute atomic E-state index is 0.00935. The summed E-state index contributed by atoms with van der Waals surface area (Å²) in [5.41, 5.74) is 0.902. The molecule has 0 radical (unpaired) electrons. The molecule has 2 saturated heterocycles. The minimum atomic E-state index is -0.523. The number of piperidine rings is 1. The zero-order chi connectivity index (χ0) is 19.9. The van der Waals surface area contributed by atoms with Gasteiger partial charge in [0, 0.05) is 25.2 Å².